The first-order valence-electron chi connectivity index (χ1n) is 6.38. The predicted octanol–water partition coefficient (Wildman–Crippen LogP) is 2.74. The number of hydrogen-bond acceptors (Lipinski definition) is 4. The van der Waals surface area contributed by atoms with Crippen molar-refractivity contribution in [3.63, 3.8) is 0 Å². The first-order valence-corrected chi connectivity index (χ1v) is 6.38. The number of carboxylic acid groups (broad SMARTS) is 1. The quantitative estimate of drug-likeness (QED) is 0.690. The number of hydrogen-bond donors (Lipinski definition) is 1. The molecule has 0 aromatic heterocycles. The molecule has 0 radical (unpaired) electrons. The van der Waals surface area contributed by atoms with Crippen molar-refractivity contribution in [3.8, 4) is 22.6 Å². The van der Waals surface area contributed by atoms with Crippen LogP contribution in [0.3, 0.4) is 0 Å². The highest BCUT2D eigenvalue weighted by Gasteiger charge is 2.15. The summed E-state index contributed by atoms with van der Waals surface area (Å²) in [4.78, 5) is 22.4. The normalized spacial score (nSPS) is 12.2. The molecule has 0 unspecified atom stereocenters. The third kappa shape index (κ3) is 2.72. The number of fused-ring (bicyclic) bond motifs is 1. The lowest BCUT2D eigenvalue weighted by molar-refractivity contribution is -0.135. The van der Waals surface area contributed by atoms with Crippen LogP contribution in [0.1, 0.15) is 16.8 Å². The number of carbonyl (C=O) groups excluding carboxylic acids is 1. The van der Waals surface area contributed by atoms with Crippen molar-refractivity contribution in [2.24, 2.45) is 0 Å². The lowest BCUT2D eigenvalue weighted by Crippen LogP contribution is -2.06. The molecule has 2 aromatic carbocycles. The van der Waals surface area contributed by atoms with E-state index in [-0.39, 0.29) is 6.79 Å². The minimum Gasteiger partial charge on any atom is -0.481 e. The minimum atomic E-state index is -1.13. The molecule has 2 aromatic rings. The molecule has 0 spiro atoms. The van der Waals surface area contributed by atoms with E-state index in [1.165, 1.54) is 0 Å². The Kier molecular flexibility index (Phi) is 3.31. The Labute approximate surface area is 120 Å². The summed E-state index contributed by atoms with van der Waals surface area (Å²) in [7, 11) is 0. The Balaban J connectivity index is 1.92. The van der Waals surface area contributed by atoms with Gasteiger partial charge in [-0.1, -0.05) is 24.3 Å². The van der Waals surface area contributed by atoms with Crippen molar-refractivity contribution < 1.29 is 24.2 Å². The fraction of sp³-hybridized carbons (Fsp3) is 0.125. The van der Waals surface area contributed by atoms with Gasteiger partial charge in [0.25, 0.3) is 0 Å². The van der Waals surface area contributed by atoms with Crippen LogP contribution >= 0.6 is 0 Å². The highest BCUT2D eigenvalue weighted by Crippen LogP contribution is 2.36. The first kappa shape index (κ1) is 13.2. The third-order valence-electron chi connectivity index (χ3n) is 3.20. The second kappa shape index (κ2) is 5.28. The number of benzene rings is 2. The van der Waals surface area contributed by atoms with Crippen LogP contribution < -0.4 is 9.47 Å². The van der Waals surface area contributed by atoms with Gasteiger partial charge in [0.05, 0.1) is 0 Å². The van der Waals surface area contributed by atoms with Gasteiger partial charge in [-0.3, -0.25) is 9.59 Å². The number of carbonyl (C=O) groups is 2. The van der Waals surface area contributed by atoms with E-state index in [0.717, 1.165) is 11.1 Å². The van der Waals surface area contributed by atoms with Crippen molar-refractivity contribution >= 4 is 11.8 Å². The lowest BCUT2D eigenvalue weighted by atomic mass is 10.00. The maximum atomic E-state index is 11.8. The zero-order valence-corrected chi connectivity index (χ0v) is 11.0. The minimum absolute atomic E-state index is 0.204. The molecule has 0 saturated carbocycles. The van der Waals surface area contributed by atoms with Crippen molar-refractivity contribution in [3.05, 3.63) is 48.0 Å². The predicted molar refractivity (Wildman–Crippen MR) is 74.6 cm³/mol. The Morgan fingerprint density at radius 3 is 2.57 bits per heavy atom. The number of Topliss-reactive ketones (excluding diaryl/α,β-unsaturated/α-hetero) is 1. The van der Waals surface area contributed by atoms with Gasteiger partial charge in [-0.2, -0.15) is 0 Å². The molecule has 1 N–H and O–H groups in total. The van der Waals surface area contributed by atoms with Crippen LogP contribution in [-0.2, 0) is 4.79 Å². The highest BCUT2D eigenvalue weighted by atomic mass is 16.7. The average molecular weight is 284 g/mol. The smallest absolute Gasteiger partial charge is 0.311 e. The molecule has 3 rings (SSSR count). The lowest BCUT2D eigenvalue weighted by Gasteiger charge is -2.05. The monoisotopic (exact) mass is 284 g/mol. The van der Waals surface area contributed by atoms with Crippen LogP contribution in [-0.4, -0.2) is 23.7 Å². The van der Waals surface area contributed by atoms with Gasteiger partial charge in [-0.05, 0) is 29.3 Å². The molecule has 21 heavy (non-hydrogen) atoms. The number of rotatable bonds is 4. The number of aliphatic carboxylic acids is 1. The summed E-state index contributed by atoms with van der Waals surface area (Å²) < 4.78 is 10.6. The van der Waals surface area contributed by atoms with E-state index in [0.29, 0.717) is 17.1 Å². The Morgan fingerprint density at radius 1 is 1.00 bits per heavy atom. The molecule has 1 aliphatic rings. The van der Waals surface area contributed by atoms with Crippen LogP contribution in [0.15, 0.2) is 42.5 Å². The van der Waals surface area contributed by atoms with Gasteiger partial charge in [0, 0.05) is 5.56 Å². The second-order valence-corrected chi connectivity index (χ2v) is 4.64. The van der Waals surface area contributed by atoms with Crippen LogP contribution in [0.2, 0.25) is 0 Å². The maximum Gasteiger partial charge on any atom is 0.311 e. The second-order valence-electron chi connectivity index (χ2n) is 4.64. The van der Waals surface area contributed by atoms with Crippen molar-refractivity contribution in [2.45, 2.75) is 6.42 Å². The summed E-state index contributed by atoms with van der Waals surface area (Å²) in [6, 6.07) is 12.4. The molecule has 0 aliphatic carbocycles. The topological polar surface area (TPSA) is 72.8 Å². The van der Waals surface area contributed by atoms with E-state index in [9.17, 15) is 9.59 Å². The standard InChI is InChI=1S/C16H12O5/c17-13(8-16(18)19)12-3-1-2-10(6-12)11-4-5-14-15(7-11)21-9-20-14/h1-7H,8-9H2,(H,18,19). The molecular weight excluding hydrogens is 272 g/mol. The zero-order chi connectivity index (χ0) is 14.8. The van der Waals surface area contributed by atoms with Crippen molar-refractivity contribution in [1.82, 2.24) is 0 Å². The molecule has 5 heteroatoms. The van der Waals surface area contributed by atoms with E-state index in [1.54, 1.807) is 18.2 Å². The van der Waals surface area contributed by atoms with Gasteiger partial charge in [-0.15, -0.1) is 0 Å². The van der Waals surface area contributed by atoms with E-state index in [2.05, 4.69) is 0 Å². The summed E-state index contributed by atoms with van der Waals surface area (Å²) in [5.41, 5.74) is 2.08. The van der Waals surface area contributed by atoms with Crippen LogP contribution in [0.5, 0.6) is 11.5 Å². The Bertz CT molecular complexity index is 720. The highest BCUT2D eigenvalue weighted by molar-refractivity contribution is 6.06. The summed E-state index contributed by atoms with van der Waals surface area (Å²) in [6.07, 6.45) is -0.509. The van der Waals surface area contributed by atoms with Gasteiger partial charge in [0.2, 0.25) is 6.79 Å². The average Bonchev–Trinajstić information content (AvgIpc) is 2.94. The summed E-state index contributed by atoms with van der Waals surface area (Å²) >= 11 is 0. The molecule has 0 fully saturated rings. The molecule has 106 valence electrons. The fourth-order valence-electron chi connectivity index (χ4n) is 2.19. The van der Waals surface area contributed by atoms with Crippen LogP contribution in [0.4, 0.5) is 0 Å². The number of carboxylic acids is 1. The molecule has 0 atom stereocenters. The Hall–Kier alpha value is -2.82. The van der Waals surface area contributed by atoms with Crippen LogP contribution in [0, 0.1) is 0 Å². The molecule has 0 saturated heterocycles. The third-order valence-corrected chi connectivity index (χ3v) is 3.20. The van der Waals surface area contributed by atoms with E-state index in [4.69, 9.17) is 14.6 Å². The largest absolute Gasteiger partial charge is 0.481 e. The van der Waals surface area contributed by atoms with Gasteiger partial charge in [0.15, 0.2) is 17.3 Å². The van der Waals surface area contributed by atoms with E-state index in [1.807, 2.05) is 24.3 Å². The number of ether oxygens (including phenoxy) is 2. The summed E-state index contributed by atoms with van der Waals surface area (Å²) in [5.74, 6) is -0.190. The summed E-state index contributed by atoms with van der Waals surface area (Å²) in [5, 5.41) is 8.69. The molecule has 5 nitrogen and oxygen atoms in total. The van der Waals surface area contributed by atoms with Gasteiger partial charge >= 0.3 is 5.97 Å². The molecular formula is C16H12O5. The van der Waals surface area contributed by atoms with Crippen LogP contribution in [0.25, 0.3) is 11.1 Å². The SMILES string of the molecule is O=C(O)CC(=O)c1cccc(-c2ccc3c(c2)OCO3)c1. The van der Waals surface area contributed by atoms with Crippen molar-refractivity contribution in [2.75, 3.05) is 6.79 Å². The molecule has 0 bridgehead atoms. The van der Waals surface area contributed by atoms with E-state index >= 15 is 0 Å². The van der Waals surface area contributed by atoms with Gasteiger partial charge in [-0.25, -0.2) is 0 Å². The molecule has 1 heterocycles. The fourth-order valence-corrected chi connectivity index (χ4v) is 2.19. The first-order chi connectivity index (χ1) is 10.1. The Morgan fingerprint density at radius 2 is 1.76 bits per heavy atom. The summed E-state index contributed by atoms with van der Waals surface area (Å²) in [6.45, 7) is 0.204. The van der Waals surface area contributed by atoms with Crippen molar-refractivity contribution in [1.29, 1.82) is 0 Å². The maximum absolute atomic E-state index is 11.8. The molecule has 1 aliphatic heterocycles. The molecule has 0 amide bonds. The van der Waals surface area contributed by atoms with Gasteiger partial charge < -0.3 is 14.6 Å². The van der Waals surface area contributed by atoms with E-state index < -0.39 is 18.2 Å². The number of ketones is 1. The zero-order valence-electron chi connectivity index (χ0n) is 11.0. The van der Waals surface area contributed by atoms with Gasteiger partial charge in [0.1, 0.15) is 6.42 Å².